The minimum atomic E-state index is -0.669. The number of piperidine rings is 1. The minimum absolute atomic E-state index is 0.0970. The molecule has 1 aliphatic rings. The number of imide groups is 1. The van der Waals surface area contributed by atoms with Crippen LogP contribution in [0.3, 0.4) is 0 Å². The van der Waals surface area contributed by atoms with Gasteiger partial charge in [0.05, 0.1) is 11.4 Å². The number of carbonyl (C=O) groups excluding carboxylic acids is 3. The number of pyridine rings is 1. The molecule has 7 nitrogen and oxygen atoms in total. The van der Waals surface area contributed by atoms with E-state index in [0.29, 0.717) is 17.1 Å². The molecule has 1 saturated heterocycles. The Balaban J connectivity index is 1.69. The van der Waals surface area contributed by atoms with E-state index in [0.717, 1.165) is 10.9 Å². The van der Waals surface area contributed by atoms with Crippen LogP contribution in [0.15, 0.2) is 18.5 Å². The summed E-state index contributed by atoms with van der Waals surface area (Å²) in [7, 11) is 0. The monoisotopic (exact) mass is 320 g/mol. The van der Waals surface area contributed by atoms with E-state index in [1.807, 2.05) is 0 Å². The van der Waals surface area contributed by atoms with E-state index in [1.54, 1.807) is 12.3 Å². The Hall–Kier alpha value is -2.41. The number of nitrogens with zero attached hydrogens (tertiary/aromatic N) is 1. The van der Waals surface area contributed by atoms with Gasteiger partial charge in [0.25, 0.3) is 0 Å². The highest BCUT2D eigenvalue weighted by atomic mass is 35.5. The molecular weight excluding hydrogens is 308 g/mol. The summed E-state index contributed by atoms with van der Waals surface area (Å²) in [6.45, 7) is 0. The number of aromatic nitrogens is 2. The number of nitrogens with one attached hydrogen (secondary N) is 3. The molecule has 114 valence electrons. The van der Waals surface area contributed by atoms with Crippen molar-refractivity contribution in [1.82, 2.24) is 20.6 Å². The summed E-state index contributed by atoms with van der Waals surface area (Å²) in [5.41, 5.74) is 1.39. The van der Waals surface area contributed by atoms with Crippen LogP contribution in [-0.2, 0) is 20.8 Å². The maximum Gasteiger partial charge on any atom is 0.249 e. The Morgan fingerprint density at radius 3 is 3.05 bits per heavy atom. The number of aromatic amines is 1. The van der Waals surface area contributed by atoms with E-state index >= 15 is 0 Å². The summed E-state index contributed by atoms with van der Waals surface area (Å²) in [5.74, 6) is -1.07. The van der Waals surface area contributed by atoms with Gasteiger partial charge in [0, 0.05) is 24.2 Å². The number of amides is 3. The second kappa shape index (κ2) is 5.76. The van der Waals surface area contributed by atoms with Crippen molar-refractivity contribution < 1.29 is 14.4 Å². The first kappa shape index (κ1) is 14.5. The summed E-state index contributed by atoms with van der Waals surface area (Å²) < 4.78 is 0. The highest BCUT2D eigenvalue weighted by molar-refractivity contribution is 6.31. The van der Waals surface area contributed by atoms with Crippen LogP contribution in [0.4, 0.5) is 0 Å². The number of carbonyl (C=O) groups is 3. The third-order valence-corrected chi connectivity index (χ3v) is 3.72. The second-order valence-electron chi connectivity index (χ2n) is 5.11. The fourth-order valence-corrected chi connectivity index (χ4v) is 2.59. The normalized spacial score (nSPS) is 18.3. The van der Waals surface area contributed by atoms with Crippen molar-refractivity contribution in [3.05, 3.63) is 29.0 Å². The number of rotatable bonds is 3. The molecule has 0 aliphatic carbocycles. The largest absolute Gasteiger partial charge is 0.346 e. The Labute approximate surface area is 130 Å². The van der Waals surface area contributed by atoms with Gasteiger partial charge in [-0.15, -0.1) is 0 Å². The lowest BCUT2D eigenvalue weighted by Crippen LogP contribution is -2.52. The molecule has 1 aliphatic heterocycles. The van der Waals surface area contributed by atoms with E-state index in [4.69, 9.17) is 11.6 Å². The lowest BCUT2D eigenvalue weighted by atomic mass is 10.1. The molecule has 3 heterocycles. The van der Waals surface area contributed by atoms with E-state index in [2.05, 4.69) is 20.6 Å². The molecule has 1 fully saturated rings. The maximum absolute atomic E-state index is 12.1. The summed E-state index contributed by atoms with van der Waals surface area (Å²) in [5, 5.41) is 6.10. The van der Waals surface area contributed by atoms with Crippen LogP contribution >= 0.6 is 11.6 Å². The topological polar surface area (TPSA) is 104 Å². The van der Waals surface area contributed by atoms with Crippen molar-refractivity contribution in [2.24, 2.45) is 0 Å². The Morgan fingerprint density at radius 2 is 2.27 bits per heavy atom. The third kappa shape index (κ3) is 2.94. The molecule has 1 unspecified atom stereocenters. The fraction of sp³-hybridized carbons (Fsp3) is 0.286. The van der Waals surface area contributed by atoms with Crippen molar-refractivity contribution in [2.75, 3.05) is 0 Å². The molecule has 0 bridgehead atoms. The Morgan fingerprint density at radius 1 is 1.45 bits per heavy atom. The zero-order valence-corrected chi connectivity index (χ0v) is 12.2. The standard InChI is InChI=1S/C14H13ClN4O3/c15-8-4-9-7(5-16-13(9)17-6-8)3-12(21)18-10-1-2-11(20)19-14(10)22/h4-6,10H,1-3H2,(H,16,17)(H,18,21)(H,19,20,22). The molecule has 0 saturated carbocycles. The van der Waals surface area contributed by atoms with Gasteiger partial charge in [-0.25, -0.2) is 4.98 Å². The van der Waals surface area contributed by atoms with Gasteiger partial charge >= 0.3 is 0 Å². The zero-order valence-electron chi connectivity index (χ0n) is 11.5. The Kier molecular flexibility index (Phi) is 3.81. The molecule has 2 aromatic rings. The number of halogens is 1. The van der Waals surface area contributed by atoms with Crippen LogP contribution in [0.1, 0.15) is 18.4 Å². The molecule has 2 aromatic heterocycles. The number of fused-ring (bicyclic) bond motifs is 1. The summed E-state index contributed by atoms with van der Waals surface area (Å²) in [6, 6.07) is 1.06. The van der Waals surface area contributed by atoms with E-state index in [9.17, 15) is 14.4 Å². The molecular formula is C14H13ClN4O3. The summed E-state index contributed by atoms with van der Waals surface area (Å²) in [6.07, 6.45) is 3.85. The quantitative estimate of drug-likeness (QED) is 0.723. The minimum Gasteiger partial charge on any atom is -0.346 e. The van der Waals surface area contributed by atoms with Gasteiger partial charge in [0.1, 0.15) is 11.7 Å². The Bertz CT molecular complexity index is 771. The van der Waals surface area contributed by atoms with Gasteiger partial charge in [-0.05, 0) is 18.1 Å². The van der Waals surface area contributed by atoms with Gasteiger partial charge in [0.2, 0.25) is 17.7 Å². The fourth-order valence-electron chi connectivity index (χ4n) is 2.43. The molecule has 8 heteroatoms. The first-order valence-corrected chi connectivity index (χ1v) is 7.15. The number of hydrogen-bond acceptors (Lipinski definition) is 4. The molecule has 0 aromatic carbocycles. The van der Waals surface area contributed by atoms with E-state index < -0.39 is 11.9 Å². The lowest BCUT2D eigenvalue weighted by Gasteiger charge is -2.21. The average Bonchev–Trinajstić information content (AvgIpc) is 2.84. The molecule has 0 spiro atoms. The van der Waals surface area contributed by atoms with Gasteiger partial charge in [-0.3, -0.25) is 19.7 Å². The van der Waals surface area contributed by atoms with Crippen molar-refractivity contribution in [3.63, 3.8) is 0 Å². The second-order valence-corrected chi connectivity index (χ2v) is 5.55. The predicted molar refractivity (Wildman–Crippen MR) is 79.1 cm³/mol. The van der Waals surface area contributed by atoms with Crippen LogP contribution in [0.2, 0.25) is 5.02 Å². The van der Waals surface area contributed by atoms with Gasteiger partial charge < -0.3 is 10.3 Å². The summed E-state index contributed by atoms with van der Waals surface area (Å²) in [4.78, 5) is 41.9. The SMILES string of the molecule is O=C1CCC(NC(=O)Cc2c[nH]c3ncc(Cl)cc23)C(=O)N1. The molecule has 3 rings (SSSR count). The van der Waals surface area contributed by atoms with Crippen LogP contribution in [0.25, 0.3) is 11.0 Å². The molecule has 3 N–H and O–H groups in total. The van der Waals surface area contributed by atoms with E-state index in [-0.39, 0.29) is 24.7 Å². The number of hydrogen-bond donors (Lipinski definition) is 3. The van der Waals surface area contributed by atoms with E-state index in [1.165, 1.54) is 6.20 Å². The van der Waals surface area contributed by atoms with Crippen LogP contribution in [0, 0.1) is 0 Å². The zero-order chi connectivity index (χ0) is 15.7. The smallest absolute Gasteiger partial charge is 0.249 e. The third-order valence-electron chi connectivity index (χ3n) is 3.51. The lowest BCUT2D eigenvalue weighted by molar-refractivity contribution is -0.137. The van der Waals surface area contributed by atoms with Crippen LogP contribution in [0.5, 0.6) is 0 Å². The first-order valence-electron chi connectivity index (χ1n) is 6.77. The number of H-pyrrole nitrogens is 1. The molecule has 22 heavy (non-hydrogen) atoms. The van der Waals surface area contributed by atoms with Gasteiger partial charge in [-0.1, -0.05) is 11.6 Å². The van der Waals surface area contributed by atoms with Crippen molar-refractivity contribution in [3.8, 4) is 0 Å². The van der Waals surface area contributed by atoms with Crippen molar-refractivity contribution in [2.45, 2.75) is 25.3 Å². The van der Waals surface area contributed by atoms with Crippen molar-refractivity contribution in [1.29, 1.82) is 0 Å². The first-order chi connectivity index (χ1) is 10.5. The van der Waals surface area contributed by atoms with Gasteiger partial charge in [-0.2, -0.15) is 0 Å². The highest BCUT2D eigenvalue weighted by Gasteiger charge is 2.27. The summed E-state index contributed by atoms with van der Waals surface area (Å²) >= 11 is 5.91. The van der Waals surface area contributed by atoms with Crippen LogP contribution < -0.4 is 10.6 Å². The predicted octanol–water partition coefficient (Wildman–Crippen LogP) is 0.680. The maximum atomic E-state index is 12.1. The van der Waals surface area contributed by atoms with Crippen molar-refractivity contribution >= 4 is 40.4 Å². The molecule has 0 radical (unpaired) electrons. The highest BCUT2D eigenvalue weighted by Crippen LogP contribution is 2.20. The molecule has 1 atom stereocenters. The average molecular weight is 321 g/mol. The molecule has 3 amide bonds. The van der Waals surface area contributed by atoms with Crippen LogP contribution in [-0.4, -0.2) is 33.7 Å². The van der Waals surface area contributed by atoms with Gasteiger partial charge in [0.15, 0.2) is 0 Å².